The molecule has 0 radical (unpaired) electrons. The maximum atomic E-state index is 12.4. The van der Waals surface area contributed by atoms with Gasteiger partial charge in [-0.2, -0.15) is 0 Å². The summed E-state index contributed by atoms with van der Waals surface area (Å²) in [6.07, 6.45) is 6.90. The van der Waals surface area contributed by atoms with Crippen LogP contribution >= 0.6 is 0 Å². The molecule has 0 saturated carbocycles. The third-order valence-corrected chi connectivity index (χ3v) is 5.31. The van der Waals surface area contributed by atoms with Gasteiger partial charge in [0.2, 0.25) is 0 Å². The zero-order chi connectivity index (χ0) is 18.9. The third-order valence-electron chi connectivity index (χ3n) is 5.31. The predicted octanol–water partition coefficient (Wildman–Crippen LogP) is 1.88. The van der Waals surface area contributed by atoms with E-state index in [2.05, 4.69) is 22.0 Å². The summed E-state index contributed by atoms with van der Waals surface area (Å²) in [7, 11) is 0. The molecule has 2 aliphatic heterocycles. The fourth-order valence-electron chi connectivity index (χ4n) is 3.76. The molecular weight excluding hydrogens is 342 g/mol. The van der Waals surface area contributed by atoms with E-state index in [-0.39, 0.29) is 5.91 Å². The van der Waals surface area contributed by atoms with Gasteiger partial charge < -0.3 is 24.4 Å². The summed E-state index contributed by atoms with van der Waals surface area (Å²) in [6, 6.07) is 3.48. The molecule has 0 atom stereocenters. The van der Waals surface area contributed by atoms with Gasteiger partial charge in [0.1, 0.15) is 0 Å². The van der Waals surface area contributed by atoms with E-state index in [1.807, 2.05) is 4.90 Å². The Hall–Kier alpha value is -2.02. The van der Waals surface area contributed by atoms with E-state index in [9.17, 15) is 4.79 Å². The van der Waals surface area contributed by atoms with Gasteiger partial charge in [-0.25, -0.2) is 0 Å². The molecule has 2 aliphatic rings. The van der Waals surface area contributed by atoms with Crippen molar-refractivity contribution in [3.05, 3.63) is 24.2 Å². The highest BCUT2D eigenvalue weighted by Crippen LogP contribution is 2.11. The Morgan fingerprint density at radius 3 is 2.41 bits per heavy atom. The van der Waals surface area contributed by atoms with Crippen LogP contribution in [0.4, 0.5) is 0 Å². The molecule has 1 aromatic heterocycles. The van der Waals surface area contributed by atoms with Crippen LogP contribution in [0.1, 0.15) is 43.2 Å². The first-order valence-corrected chi connectivity index (χ1v) is 10.4. The quantitative estimate of drug-likeness (QED) is 0.629. The van der Waals surface area contributed by atoms with Crippen molar-refractivity contribution in [2.75, 3.05) is 58.9 Å². The maximum Gasteiger partial charge on any atom is 0.289 e. The Morgan fingerprint density at radius 1 is 1.07 bits per heavy atom. The molecule has 2 saturated heterocycles. The van der Waals surface area contributed by atoms with E-state index < -0.39 is 0 Å². The number of furan rings is 1. The highest BCUT2D eigenvalue weighted by Gasteiger charge is 2.25. The summed E-state index contributed by atoms with van der Waals surface area (Å²) in [4.78, 5) is 23.9. The van der Waals surface area contributed by atoms with Gasteiger partial charge in [0.25, 0.3) is 5.91 Å². The summed E-state index contributed by atoms with van der Waals surface area (Å²) >= 11 is 0. The van der Waals surface area contributed by atoms with Crippen molar-refractivity contribution in [3.63, 3.8) is 0 Å². The van der Waals surface area contributed by atoms with Gasteiger partial charge in [-0.3, -0.25) is 9.79 Å². The van der Waals surface area contributed by atoms with Crippen LogP contribution in [0.15, 0.2) is 27.8 Å². The molecule has 0 aliphatic carbocycles. The van der Waals surface area contributed by atoms with Gasteiger partial charge in [-0.15, -0.1) is 0 Å². The van der Waals surface area contributed by atoms with Crippen LogP contribution in [-0.4, -0.2) is 85.5 Å². The summed E-state index contributed by atoms with van der Waals surface area (Å²) < 4.78 is 5.24. The van der Waals surface area contributed by atoms with Crippen LogP contribution in [0.5, 0.6) is 0 Å². The minimum Gasteiger partial charge on any atom is -0.459 e. The standard InChI is InChI=1S/C20H33N5O2/c1-2-21-20(22-9-12-23-10-5-3-4-6-11-23)25-15-13-24(14-16-25)19(26)18-8-7-17-27-18/h7-8,17H,2-6,9-16H2,1H3,(H,21,22). The number of guanidine groups is 1. The first-order valence-electron chi connectivity index (χ1n) is 10.4. The number of rotatable bonds is 5. The number of amides is 1. The predicted molar refractivity (Wildman–Crippen MR) is 107 cm³/mol. The van der Waals surface area contributed by atoms with Crippen molar-refractivity contribution in [1.29, 1.82) is 0 Å². The number of aliphatic imine (C=N–C) groups is 1. The molecule has 0 aromatic carbocycles. The molecule has 1 aromatic rings. The number of hydrogen-bond acceptors (Lipinski definition) is 4. The van der Waals surface area contributed by atoms with Crippen molar-refractivity contribution in [2.24, 2.45) is 4.99 Å². The molecule has 1 N–H and O–H groups in total. The molecular formula is C20H33N5O2. The Kier molecular flexibility index (Phi) is 7.56. The van der Waals surface area contributed by atoms with Gasteiger partial charge in [0.05, 0.1) is 12.8 Å². The highest BCUT2D eigenvalue weighted by molar-refractivity contribution is 5.91. The molecule has 27 heavy (non-hydrogen) atoms. The number of carbonyl (C=O) groups is 1. The number of carbonyl (C=O) groups excluding carboxylic acids is 1. The number of likely N-dealkylation sites (tertiary alicyclic amines) is 1. The number of hydrogen-bond donors (Lipinski definition) is 1. The van der Waals surface area contributed by atoms with Crippen LogP contribution in [-0.2, 0) is 0 Å². The third kappa shape index (κ3) is 5.73. The van der Waals surface area contributed by atoms with Crippen LogP contribution in [0.3, 0.4) is 0 Å². The SMILES string of the molecule is CCNC(=NCCN1CCCCCC1)N1CCN(C(=O)c2ccco2)CC1. The van der Waals surface area contributed by atoms with Gasteiger partial charge in [0, 0.05) is 39.3 Å². The van der Waals surface area contributed by atoms with E-state index in [1.165, 1.54) is 38.8 Å². The first-order chi connectivity index (χ1) is 13.3. The van der Waals surface area contributed by atoms with Gasteiger partial charge in [0.15, 0.2) is 11.7 Å². The van der Waals surface area contributed by atoms with Crippen molar-refractivity contribution < 1.29 is 9.21 Å². The van der Waals surface area contributed by atoms with Crippen molar-refractivity contribution in [2.45, 2.75) is 32.6 Å². The number of nitrogens with one attached hydrogen (secondary N) is 1. The Morgan fingerprint density at radius 2 is 1.78 bits per heavy atom. The minimum atomic E-state index is -0.0252. The molecule has 0 unspecified atom stereocenters. The second-order valence-electron chi connectivity index (χ2n) is 7.25. The molecule has 1 amide bonds. The average Bonchev–Trinajstić information content (AvgIpc) is 3.11. The molecule has 0 bridgehead atoms. The largest absolute Gasteiger partial charge is 0.459 e. The Labute approximate surface area is 162 Å². The molecule has 3 heterocycles. The van der Waals surface area contributed by atoms with Crippen molar-refractivity contribution >= 4 is 11.9 Å². The lowest BCUT2D eigenvalue weighted by atomic mass is 10.2. The number of piperazine rings is 1. The van der Waals surface area contributed by atoms with E-state index in [0.717, 1.165) is 38.7 Å². The zero-order valence-corrected chi connectivity index (χ0v) is 16.5. The molecule has 7 heteroatoms. The molecule has 150 valence electrons. The van der Waals surface area contributed by atoms with Gasteiger partial charge >= 0.3 is 0 Å². The van der Waals surface area contributed by atoms with Crippen LogP contribution < -0.4 is 5.32 Å². The normalized spacial score (nSPS) is 19.8. The van der Waals surface area contributed by atoms with Crippen LogP contribution in [0.25, 0.3) is 0 Å². The molecule has 7 nitrogen and oxygen atoms in total. The van der Waals surface area contributed by atoms with Crippen LogP contribution in [0.2, 0.25) is 0 Å². The summed E-state index contributed by atoms with van der Waals surface area (Å²) in [6.45, 7) is 10.2. The average molecular weight is 376 g/mol. The summed E-state index contributed by atoms with van der Waals surface area (Å²) in [5.41, 5.74) is 0. The maximum absolute atomic E-state index is 12.4. The summed E-state index contributed by atoms with van der Waals surface area (Å²) in [5.74, 6) is 1.36. The molecule has 2 fully saturated rings. The second-order valence-corrected chi connectivity index (χ2v) is 7.25. The smallest absolute Gasteiger partial charge is 0.289 e. The first kappa shape index (κ1) is 19.7. The minimum absolute atomic E-state index is 0.0252. The topological polar surface area (TPSA) is 64.3 Å². The summed E-state index contributed by atoms with van der Waals surface area (Å²) in [5, 5.41) is 3.41. The fourth-order valence-corrected chi connectivity index (χ4v) is 3.76. The van der Waals surface area contributed by atoms with E-state index in [0.29, 0.717) is 18.8 Å². The number of nitrogens with zero attached hydrogens (tertiary/aromatic N) is 4. The van der Waals surface area contributed by atoms with E-state index >= 15 is 0 Å². The van der Waals surface area contributed by atoms with Gasteiger partial charge in [-0.05, 0) is 45.0 Å². The lowest BCUT2D eigenvalue weighted by Gasteiger charge is -2.36. The lowest BCUT2D eigenvalue weighted by molar-refractivity contribution is 0.0657. The van der Waals surface area contributed by atoms with E-state index in [4.69, 9.17) is 9.41 Å². The molecule has 0 spiro atoms. The fraction of sp³-hybridized carbons (Fsp3) is 0.700. The Balaban J connectivity index is 1.49. The Bertz CT molecular complexity index is 586. The zero-order valence-electron chi connectivity index (χ0n) is 16.5. The monoisotopic (exact) mass is 375 g/mol. The van der Waals surface area contributed by atoms with E-state index in [1.54, 1.807) is 18.4 Å². The van der Waals surface area contributed by atoms with Crippen molar-refractivity contribution in [1.82, 2.24) is 20.0 Å². The molecule has 3 rings (SSSR count). The van der Waals surface area contributed by atoms with Gasteiger partial charge in [-0.1, -0.05) is 12.8 Å². The van der Waals surface area contributed by atoms with Crippen LogP contribution in [0, 0.1) is 0 Å². The van der Waals surface area contributed by atoms with Crippen molar-refractivity contribution in [3.8, 4) is 0 Å². The second kappa shape index (κ2) is 10.3. The highest BCUT2D eigenvalue weighted by atomic mass is 16.3. The lowest BCUT2D eigenvalue weighted by Crippen LogP contribution is -2.53.